The Morgan fingerprint density at radius 3 is 1.78 bits per heavy atom. The van der Waals surface area contributed by atoms with E-state index in [1.807, 2.05) is 30.3 Å². The Hall–Kier alpha value is -3.33. The molecule has 7 nitrogen and oxygen atoms in total. The highest BCUT2D eigenvalue weighted by molar-refractivity contribution is 7.99. The first-order valence-electron chi connectivity index (χ1n) is 12.9. The predicted molar refractivity (Wildman–Crippen MR) is 148 cm³/mol. The summed E-state index contributed by atoms with van der Waals surface area (Å²) in [6, 6.07) is 27.0. The summed E-state index contributed by atoms with van der Waals surface area (Å²) in [5, 5.41) is 0. The van der Waals surface area contributed by atoms with E-state index in [0.717, 1.165) is 44.1 Å². The fourth-order valence-electron chi connectivity index (χ4n) is 4.77. The summed E-state index contributed by atoms with van der Waals surface area (Å²) in [6.45, 7) is 6.08. The van der Waals surface area contributed by atoms with Gasteiger partial charge in [-0.05, 0) is 29.8 Å². The quantitative estimate of drug-likeness (QED) is 0.442. The predicted octanol–water partition coefficient (Wildman–Crippen LogP) is 4.03. The molecule has 3 aromatic rings. The van der Waals surface area contributed by atoms with E-state index in [1.165, 1.54) is 15.4 Å². The number of carbonyl (C=O) groups is 2. The van der Waals surface area contributed by atoms with Gasteiger partial charge < -0.3 is 9.80 Å². The normalized spacial score (nSPS) is 15.5. The molecule has 0 unspecified atom stereocenters. The molecule has 2 aliphatic rings. The van der Waals surface area contributed by atoms with Gasteiger partial charge in [-0.3, -0.25) is 25.3 Å². The minimum Gasteiger partial charge on any atom is -0.339 e. The molecule has 0 spiro atoms. The monoisotopic (exact) mass is 515 g/mol. The van der Waals surface area contributed by atoms with Crippen LogP contribution in [0.3, 0.4) is 0 Å². The number of hydrazine groups is 1. The molecule has 2 aliphatic heterocycles. The number of hydrogen-bond donors (Lipinski definition) is 2. The van der Waals surface area contributed by atoms with E-state index in [1.54, 1.807) is 11.8 Å². The molecule has 8 heteroatoms. The molecule has 2 N–H and O–H groups in total. The summed E-state index contributed by atoms with van der Waals surface area (Å²) in [4.78, 5) is 34.2. The van der Waals surface area contributed by atoms with E-state index in [9.17, 15) is 9.59 Å². The van der Waals surface area contributed by atoms with Crippen molar-refractivity contribution in [2.45, 2.75) is 29.2 Å². The van der Waals surface area contributed by atoms with Gasteiger partial charge in [-0.1, -0.05) is 66.4 Å². The summed E-state index contributed by atoms with van der Waals surface area (Å²) < 4.78 is 0. The highest BCUT2D eigenvalue weighted by atomic mass is 32.2. The maximum Gasteiger partial charge on any atom is 0.240 e. The summed E-state index contributed by atoms with van der Waals surface area (Å²) in [6.07, 6.45) is 0.639. The van der Waals surface area contributed by atoms with Gasteiger partial charge >= 0.3 is 0 Å². The van der Waals surface area contributed by atoms with Crippen LogP contribution < -0.4 is 15.8 Å². The van der Waals surface area contributed by atoms with Crippen molar-refractivity contribution in [1.29, 1.82) is 0 Å². The zero-order chi connectivity index (χ0) is 25.5. The van der Waals surface area contributed by atoms with Crippen LogP contribution in [0.4, 0.5) is 11.4 Å². The number of carbonyl (C=O) groups excluding carboxylic acids is 2. The average Bonchev–Trinajstić information content (AvgIpc) is 2.94. The van der Waals surface area contributed by atoms with Crippen LogP contribution in [0.25, 0.3) is 0 Å². The molecule has 0 radical (unpaired) electrons. The van der Waals surface area contributed by atoms with Crippen molar-refractivity contribution in [3.8, 4) is 0 Å². The number of piperazine rings is 1. The van der Waals surface area contributed by atoms with Crippen molar-refractivity contribution in [3.05, 3.63) is 84.4 Å². The molecule has 1 fully saturated rings. The topological polar surface area (TPSA) is 67.9 Å². The third kappa shape index (κ3) is 6.71. The van der Waals surface area contributed by atoms with E-state index >= 15 is 0 Å². The Balaban J connectivity index is 1.02. The minimum absolute atomic E-state index is 0.162. The lowest BCUT2D eigenvalue weighted by Gasteiger charge is -2.34. The lowest BCUT2D eigenvalue weighted by molar-refractivity contribution is -0.129. The number of benzene rings is 3. The Bertz CT molecular complexity index is 1170. The molecule has 0 aromatic heterocycles. The number of para-hydroxylation sites is 2. The van der Waals surface area contributed by atoms with Crippen LogP contribution in [0.15, 0.2) is 88.7 Å². The van der Waals surface area contributed by atoms with Crippen molar-refractivity contribution >= 4 is 35.0 Å². The van der Waals surface area contributed by atoms with Crippen LogP contribution in [0.5, 0.6) is 0 Å². The highest BCUT2D eigenvalue weighted by Gasteiger charge is 2.23. The largest absolute Gasteiger partial charge is 0.339 e. The van der Waals surface area contributed by atoms with Gasteiger partial charge in [0.25, 0.3) is 0 Å². The third-order valence-electron chi connectivity index (χ3n) is 6.80. The molecule has 5 rings (SSSR count). The van der Waals surface area contributed by atoms with Gasteiger partial charge in [-0.25, -0.2) is 0 Å². The molecule has 2 amide bonds. The van der Waals surface area contributed by atoms with Crippen LogP contribution in [0.1, 0.15) is 18.4 Å². The van der Waals surface area contributed by atoms with Crippen LogP contribution in [0.2, 0.25) is 0 Å². The van der Waals surface area contributed by atoms with Crippen LogP contribution in [-0.2, 0) is 16.1 Å². The summed E-state index contributed by atoms with van der Waals surface area (Å²) in [5.41, 5.74) is 8.73. The fraction of sp³-hybridized carbons (Fsp3) is 0.310. The Kier molecular flexibility index (Phi) is 8.40. The molecule has 3 aromatic carbocycles. The van der Waals surface area contributed by atoms with Gasteiger partial charge in [0, 0.05) is 68.4 Å². The first-order chi connectivity index (χ1) is 18.2. The van der Waals surface area contributed by atoms with Crippen molar-refractivity contribution in [2.75, 3.05) is 44.2 Å². The lowest BCUT2D eigenvalue weighted by atomic mass is 10.2. The Labute approximate surface area is 222 Å². The van der Waals surface area contributed by atoms with E-state index in [4.69, 9.17) is 0 Å². The standard InChI is InChI=1S/C29H33N5O2S/c35-28(14-16-32-18-20-33(21-19-32)22-23-8-2-1-3-9-23)30-31-29(36)15-17-34-24-10-4-6-12-26(24)37-27-13-7-5-11-25(27)34/h1-13H,14-22H2,(H,30,35)(H,31,36). The Morgan fingerprint density at radius 2 is 1.16 bits per heavy atom. The average molecular weight is 516 g/mol. The second kappa shape index (κ2) is 12.3. The van der Waals surface area contributed by atoms with Gasteiger partial charge in [0.05, 0.1) is 11.4 Å². The van der Waals surface area contributed by atoms with Crippen molar-refractivity contribution in [2.24, 2.45) is 0 Å². The number of amides is 2. The molecule has 0 saturated carbocycles. The molecule has 0 bridgehead atoms. The fourth-order valence-corrected chi connectivity index (χ4v) is 5.87. The second-order valence-electron chi connectivity index (χ2n) is 9.39. The maximum absolute atomic E-state index is 12.5. The van der Waals surface area contributed by atoms with Gasteiger partial charge in [-0.2, -0.15) is 0 Å². The van der Waals surface area contributed by atoms with Crippen LogP contribution in [0, 0.1) is 0 Å². The van der Waals surface area contributed by atoms with E-state index in [2.05, 4.69) is 74.1 Å². The molecular weight excluding hydrogens is 482 g/mol. The zero-order valence-electron chi connectivity index (χ0n) is 20.9. The smallest absolute Gasteiger partial charge is 0.240 e. The summed E-state index contributed by atoms with van der Waals surface area (Å²) in [5.74, 6) is -0.360. The molecular formula is C29H33N5O2S. The summed E-state index contributed by atoms with van der Waals surface area (Å²) in [7, 11) is 0. The zero-order valence-corrected chi connectivity index (χ0v) is 21.8. The number of hydrogen-bond acceptors (Lipinski definition) is 6. The molecule has 0 atom stereocenters. The summed E-state index contributed by atoms with van der Waals surface area (Å²) >= 11 is 1.75. The second-order valence-corrected chi connectivity index (χ2v) is 10.5. The number of fused-ring (bicyclic) bond motifs is 2. The van der Waals surface area contributed by atoms with Crippen molar-refractivity contribution in [3.63, 3.8) is 0 Å². The number of nitrogens with one attached hydrogen (secondary N) is 2. The first-order valence-corrected chi connectivity index (χ1v) is 13.7. The molecule has 192 valence electrons. The van der Waals surface area contributed by atoms with Gasteiger partial charge in [-0.15, -0.1) is 0 Å². The van der Waals surface area contributed by atoms with Gasteiger partial charge in [0.2, 0.25) is 11.8 Å². The number of rotatable bonds is 8. The minimum atomic E-state index is -0.198. The van der Waals surface area contributed by atoms with Gasteiger partial charge in [0.1, 0.15) is 0 Å². The van der Waals surface area contributed by atoms with Crippen molar-refractivity contribution < 1.29 is 9.59 Å². The van der Waals surface area contributed by atoms with E-state index < -0.39 is 0 Å². The first kappa shape index (κ1) is 25.3. The highest BCUT2D eigenvalue weighted by Crippen LogP contribution is 2.47. The third-order valence-corrected chi connectivity index (χ3v) is 7.94. The molecule has 2 heterocycles. The maximum atomic E-state index is 12.5. The van der Waals surface area contributed by atoms with Gasteiger partial charge in [0.15, 0.2) is 0 Å². The SMILES string of the molecule is O=C(CCN1CCN(Cc2ccccc2)CC1)NNC(=O)CCN1c2ccccc2Sc2ccccc21. The van der Waals surface area contributed by atoms with E-state index in [-0.39, 0.29) is 18.2 Å². The van der Waals surface area contributed by atoms with Crippen LogP contribution >= 0.6 is 11.8 Å². The molecule has 1 saturated heterocycles. The molecule has 0 aliphatic carbocycles. The van der Waals surface area contributed by atoms with Crippen molar-refractivity contribution in [1.82, 2.24) is 20.7 Å². The number of anilines is 2. The van der Waals surface area contributed by atoms with E-state index in [0.29, 0.717) is 19.5 Å². The lowest BCUT2D eigenvalue weighted by Crippen LogP contribution is -2.48. The Morgan fingerprint density at radius 1 is 0.649 bits per heavy atom. The molecule has 37 heavy (non-hydrogen) atoms. The van der Waals surface area contributed by atoms with Crippen LogP contribution in [-0.4, -0.2) is 60.9 Å². The number of nitrogens with zero attached hydrogens (tertiary/aromatic N) is 3.